The van der Waals surface area contributed by atoms with Crippen molar-refractivity contribution in [3.63, 3.8) is 0 Å². The molecule has 0 aliphatic carbocycles. The summed E-state index contributed by atoms with van der Waals surface area (Å²) in [6.07, 6.45) is -1.78. The zero-order chi connectivity index (χ0) is 8.48. The molecule has 1 N–H and O–H groups in total. The van der Waals surface area contributed by atoms with Crippen molar-refractivity contribution < 1.29 is 27.2 Å². The summed E-state index contributed by atoms with van der Waals surface area (Å²) >= 11 is 0. The molecule has 0 spiro atoms. The topological polar surface area (TPSA) is 89.9 Å². The number of carbonyl (C=O) groups is 1. The maximum atomic E-state index is 10.2. The van der Waals surface area contributed by atoms with Crippen LogP contribution in [-0.2, 0) is 19.6 Å². The summed E-state index contributed by atoms with van der Waals surface area (Å²) < 4.78 is 37.3. The Morgan fingerprint density at radius 2 is 2.27 bits per heavy atom. The van der Waals surface area contributed by atoms with Crippen LogP contribution < -0.4 is 0 Å². The van der Waals surface area contributed by atoms with E-state index in [2.05, 4.69) is 9.47 Å². The van der Waals surface area contributed by atoms with Crippen LogP contribution in [0.2, 0.25) is 0 Å². The summed E-state index contributed by atoms with van der Waals surface area (Å²) in [5, 5.41) is 0. The lowest BCUT2D eigenvalue weighted by molar-refractivity contribution is 0.122. The number of hydrogen-bond acceptors (Lipinski definition) is 5. The molecular weight excluding hydrogens is 176 g/mol. The van der Waals surface area contributed by atoms with Gasteiger partial charge < -0.3 is 9.47 Å². The molecule has 0 amide bonds. The Labute approximate surface area is 62.8 Å². The number of ether oxygens (including phenoxy) is 2. The third-order valence-electron chi connectivity index (χ3n) is 1.05. The lowest BCUT2D eigenvalue weighted by Crippen LogP contribution is -2.22. The van der Waals surface area contributed by atoms with Crippen molar-refractivity contribution in [2.24, 2.45) is 0 Å². The van der Waals surface area contributed by atoms with Gasteiger partial charge in [-0.1, -0.05) is 0 Å². The van der Waals surface area contributed by atoms with Gasteiger partial charge in [0.2, 0.25) is 0 Å². The van der Waals surface area contributed by atoms with E-state index in [0.717, 1.165) is 0 Å². The summed E-state index contributed by atoms with van der Waals surface area (Å²) in [6, 6.07) is 0. The zero-order valence-corrected chi connectivity index (χ0v) is 6.20. The van der Waals surface area contributed by atoms with Crippen LogP contribution in [0, 0.1) is 0 Å². The molecule has 7 heteroatoms. The average molecular weight is 182 g/mol. The van der Waals surface area contributed by atoms with Crippen molar-refractivity contribution in [1.29, 1.82) is 0 Å². The van der Waals surface area contributed by atoms with Crippen LogP contribution in [0.4, 0.5) is 4.79 Å². The van der Waals surface area contributed by atoms with Crippen LogP contribution in [0.15, 0.2) is 0 Å². The molecule has 0 aromatic carbocycles. The van der Waals surface area contributed by atoms with E-state index >= 15 is 0 Å². The minimum atomic E-state index is -4.09. The monoisotopic (exact) mass is 182 g/mol. The summed E-state index contributed by atoms with van der Waals surface area (Å²) in [7, 11) is -4.09. The van der Waals surface area contributed by atoms with E-state index in [-0.39, 0.29) is 6.61 Å². The second kappa shape index (κ2) is 2.67. The summed E-state index contributed by atoms with van der Waals surface area (Å²) in [5.41, 5.74) is 0. The van der Waals surface area contributed by atoms with Crippen molar-refractivity contribution in [1.82, 2.24) is 0 Å². The van der Waals surface area contributed by atoms with Gasteiger partial charge in [0.05, 0.1) is 0 Å². The fraction of sp³-hybridized carbons (Fsp3) is 0.750. The maximum Gasteiger partial charge on any atom is 0.508 e. The predicted octanol–water partition coefficient (Wildman–Crippen LogP) is -0.590. The lowest BCUT2D eigenvalue weighted by Gasteiger charge is -2.01. The van der Waals surface area contributed by atoms with Gasteiger partial charge in [-0.3, -0.25) is 4.55 Å². The van der Waals surface area contributed by atoms with E-state index in [4.69, 9.17) is 4.55 Å². The minimum absolute atomic E-state index is 0.126. The van der Waals surface area contributed by atoms with Gasteiger partial charge in [-0.25, -0.2) is 4.79 Å². The van der Waals surface area contributed by atoms with Crippen molar-refractivity contribution in [3.8, 4) is 0 Å². The molecule has 1 rings (SSSR count). The van der Waals surface area contributed by atoms with Crippen LogP contribution in [0.1, 0.15) is 0 Å². The molecule has 0 aromatic heterocycles. The van der Waals surface area contributed by atoms with Crippen LogP contribution in [-0.4, -0.2) is 37.6 Å². The SMILES string of the molecule is O=C1OCC(CS(=O)(=O)O)O1. The van der Waals surface area contributed by atoms with Gasteiger partial charge in [-0.2, -0.15) is 8.42 Å². The molecule has 1 saturated heterocycles. The first-order chi connectivity index (χ1) is 4.97. The number of hydrogen-bond donors (Lipinski definition) is 1. The second-order valence-corrected chi connectivity index (χ2v) is 3.55. The van der Waals surface area contributed by atoms with Crippen LogP contribution >= 0.6 is 0 Å². The van der Waals surface area contributed by atoms with Crippen molar-refractivity contribution >= 4 is 16.3 Å². The molecule has 0 aromatic rings. The van der Waals surface area contributed by atoms with Gasteiger partial charge in [0, 0.05) is 0 Å². The van der Waals surface area contributed by atoms with Crippen molar-refractivity contribution in [3.05, 3.63) is 0 Å². The van der Waals surface area contributed by atoms with Gasteiger partial charge in [0.15, 0.2) is 6.10 Å². The molecule has 1 atom stereocenters. The Morgan fingerprint density at radius 3 is 2.64 bits per heavy atom. The third kappa shape index (κ3) is 2.72. The number of carbonyl (C=O) groups excluding carboxylic acids is 1. The van der Waals surface area contributed by atoms with Crippen molar-refractivity contribution in [2.75, 3.05) is 12.4 Å². The normalized spacial score (nSPS) is 24.5. The highest BCUT2D eigenvalue weighted by Crippen LogP contribution is 2.07. The van der Waals surface area contributed by atoms with E-state index in [1.165, 1.54) is 0 Å². The van der Waals surface area contributed by atoms with Gasteiger partial charge >= 0.3 is 6.16 Å². The Hall–Kier alpha value is -0.820. The Bertz CT molecular complexity index is 254. The molecule has 1 unspecified atom stereocenters. The molecule has 1 aliphatic heterocycles. The molecule has 6 nitrogen and oxygen atoms in total. The minimum Gasteiger partial charge on any atom is -0.430 e. The second-order valence-electron chi connectivity index (χ2n) is 2.05. The zero-order valence-electron chi connectivity index (χ0n) is 5.39. The average Bonchev–Trinajstić information content (AvgIpc) is 2.10. The summed E-state index contributed by atoms with van der Waals surface area (Å²) in [4.78, 5) is 10.2. The molecule has 64 valence electrons. The van der Waals surface area contributed by atoms with E-state index in [9.17, 15) is 13.2 Å². The molecule has 11 heavy (non-hydrogen) atoms. The Morgan fingerprint density at radius 1 is 1.64 bits per heavy atom. The summed E-state index contributed by atoms with van der Waals surface area (Å²) in [5.74, 6) is -0.612. The molecule has 1 heterocycles. The van der Waals surface area contributed by atoms with E-state index in [1.54, 1.807) is 0 Å². The van der Waals surface area contributed by atoms with Crippen LogP contribution in [0.5, 0.6) is 0 Å². The first kappa shape index (κ1) is 8.28. The summed E-state index contributed by atoms with van der Waals surface area (Å²) in [6.45, 7) is -0.126. The number of cyclic esters (lactones) is 2. The van der Waals surface area contributed by atoms with Crippen molar-refractivity contribution in [2.45, 2.75) is 6.10 Å². The highest BCUT2D eigenvalue weighted by atomic mass is 32.2. The number of rotatable bonds is 2. The van der Waals surface area contributed by atoms with Gasteiger partial charge in [-0.05, 0) is 0 Å². The van der Waals surface area contributed by atoms with E-state index in [0.29, 0.717) is 0 Å². The molecular formula is C4H6O6S. The smallest absolute Gasteiger partial charge is 0.430 e. The van der Waals surface area contributed by atoms with Crippen LogP contribution in [0.3, 0.4) is 0 Å². The molecule has 0 bridgehead atoms. The highest BCUT2D eigenvalue weighted by molar-refractivity contribution is 7.85. The molecule has 1 fully saturated rings. The lowest BCUT2D eigenvalue weighted by atomic mass is 10.4. The first-order valence-electron chi connectivity index (χ1n) is 2.76. The third-order valence-corrected chi connectivity index (χ3v) is 1.84. The molecule has 0 radical (unpaired) electrons. The first-order valence-corrected chi connectivity index (χ1v) is 4.37. The predicted molar refractivity (Wildman–Crippen MR) is 32.6 cm³/mol. The van der Waals surface area contributed by atoms with Gasteiger partial charge in [0.25, 0.3) is 10.1 Å². The standard InChI is InChI=1S/C4H6O6S/c5-4-9-1-3(10-4)2-11(6,7)8/h3H,1-2H2,(H,6,7,8). The van der Waals surface area contributed by atoms with E-state index < -0.39 is 28.1 Å². The fourth-order valence-electron chi connectivity index (χ4n) is 0.682. The Kier molecular flexibility index (Phi) is 2.01. The quantitative estimate of drug-likeness (QED) is 0.453. The van der Waals surface area contributed by atoms with Crippen LogP contribution in [0.25, 0.3) is 0 Å². The van der Waals surface area contributed by atoms with Gasteiger partial charge in [0.1, 0.15) is 12.4 Å². The highest BCUT2D eigenvalue weighted by Gasteiger charge is 2.28. The molecule has 0 saturated carbocycles. The van der Waals surface area contributed by atoms with E-state index in [1.807, 2.05) is 0 Å². The largest absolute Gasteiger partial charge is 0.508 e. The maximum absolute atomic E-state index is 10.2. The molecule has 1 aliphatic rings. The fourth-order valence-corrected chi connectivity index (χ4v) is 1.32. The Balaban J connectivity index is 2.47. The van der Waals surface area contributed by atoms with Gasteiger partial charge in [-0.15, -0.1) is 0 Å².